The third-order valence-electron chi connectivity index (χ3n) is 2.89. The van der Waals surface area contributed by atoms with Gasteiger partial charge >= 0.3 is 0 Å². The van der Waals surface area contributed by atoms with Crippen LogP contribution in [0.15, 0.2) is 45.8 Å². The van der Waals surface area contributed by atoms with Gasteiger partial charge in [0.05, 0.1) is 5.69 Å². The minimum absolute atomic E-state index is 0.136. The van der Waals surface area contributed by atoms with Crippen LogP contribution in [-0.2, 0) is 16.6 Å². The summed E-state index contributed by atoms with van der Waals surface area (Å²) in [7, 11) is -4.03. The lowest BCUT2D eigenvalue weighted by Gasteiger charge is -2.12. The molecule has 2 aromatic rings. The van der Waals surface area contributed by atoms with Gasteiger partial charge in [-0.1, -0.05) is 12.1 Å². The zero-order valence-electron chi connectivity index (χ0n) is 11.2. The highest BCUT2D eigenvalue weighted by Crippen LogP contribution is 2.27. The van der Waals surface area contributed by atoms with Crippen molar-refractivity contribution in [2.24, 2.45) is 5.73 Å². The van der Waals surface area contributed by atoms with E-state index < -0.39 is 20.7 Å². The molecule has 4 nitrogen and oxygen atoms in total. The number of hydrogen-bond acceptors (Lipinski definition) is 3. The Bertz CT molecular complexity index is 779. The molecule has 3 N–H and O–H groups in total. The van der Waals surface area contributed by atoms with Crippen molar-refractivity contribution in [3.8, 4) is 0 Å². The fourth-order valence-corrected chi connectivity index (χ4v) is 3.47. The molecule has 0 atom stereocenters. The first-order valence-electron chi connectivity index (χ1n) is 6.11. The van der Waals surface area contributed by atoms with E-state index in [2.05, 4.69) is 20.7 Å². The van der Waals surface area contributed by atoms with Gasteiger partial charge in [-0.2, -0.15) is 0 Å². The third kappa shape index (κ3) is 3.61. The number of sulfonamides is 1. The normalized spacial score (nSPS) is 11.4. The number of benzene rings is 2. The van der Waals surface area contributed by atoms with Gasteiger partial charge in [-0.05, 0) is 58.2 Å². The second kappa shape index (κ2) is 6.13. The molecule has 0 fully saturated rings. The first-order chi connectivity index (χ1) is 9.83. The molecule has 0 aromatic heterocycles. The van der Waals surface area contributed by atoms with Gasteiger partial charge in [-0.3, -0.25) is 4.72 Å². The zero-order chi connectivity index (χ0) is 15.6. The zero-order valence-corrected chi connectivity index (χ0v) is 13.6. The van der Waals surface area contributed by atoms with E-state index in [9.17, 15) is 12.8 Å². The monoisotopic (exact) mass is 372 g/mol. The van der Waals surface area contributed by atoms with E-state index in [1.165, 1.54) is 12.1 Å². The van der Waals surface area contributed by atoms with Crippen molar-refractivity contribution >= 4 is 31.6 Å². The number of aryl methyl sites for hydroxylation is 1. The summed E-state index contributed by atoms with van der Waals surface area (Å²) in [6.07, 6.45) is 0. The van der Waals surface area contributed by atoms with E-state index in [-0.39, 0.29) is 6.54 Å². The molecule has 0 heterocycles. The van der Waals surface area contributed by atoms with Gasteiger partial charge in [0.25, 0.3) is 10.0 Å². The van der Waals surface area contributed by atoms with Gasteiger partial charge in [0, 0.05) is 11.0 Å². The van der Waals surface area contributed by atoms with E-state index in [1.54, 1.807) is 12.1 Å². The first-order valence-corrected chi connectivity index (χ1v) is 8.38. The van der Waals surface area contributed by atoms with Crippen molar-refractivity contribution in [2.45, 2.75) is 18.4 Å². The molecule has 2 aromatic carbocycles. The van der Waals surface area contributed by atoms with Crippen LogP contribution in [0.5, 0.6) is 0 Å². The molecule has 0 spiro atoms. The van der Waals surface area contributed by atoms with Crippen LogP contribution in [0.4, 0.5) is 10.1 Å². The van der Waals surface area contributed by atoms with Crippen molar-refractivity contribution in [1.82, 2.24) is 0 Å². The Labute approximate surface area is 131 Å². The molecule has 0 aliphatic carbocycles. The number of anilines is 1. The number of halogens is 2. The van der Waals surface area contributed by atoms with Crippen molar-refractivity contribution < 1.29 is 12.8 Å². The summed E-state index contributed by atoms with van der Waals surface area (Å²) >= 11 is 3.26. The Kier molecular flexibility index (Phi) is 4.65. The van der Waals surface area contributed by atoms with Crippen LogP contribution >= 0.6 is 15.9 Å². The average molecular weight is 373 g/mol. The predicted octanol–water partition coefficient (Wildman–Crippen LogP) is 3.16. The summed E-state index contributed by atoms with van der Waals surface area (Å²) in [5.74, 6) is -0.816. The predicted molar refractivity (Wildman–Crippen MR) is 84.0 cm³/mol. The lowest BCUT2D eigenvalue weighted by atomic mass is 10.2. The minimum atomic E-state index is -4.03. The van der Waals surface area contributed by atoms with Gasteiger partial charge in [-0.25, -0.2) is 12.8 Å². The van der Waals surface area contributed by atoms with Crippen LogP contribution < -0.4 is 10.5 Å². The lowest BCUT2D eigenvalue weighted by molar-refractivity contribution is 0.569. The highest BCUT2D eigenvalue weighted by atomic mass is 79.9. The van der Waals surface area contributed by atoms with E-state index in [4.69, 9.17) is 5.73 Å². The lowest BCUT2D eigenvalue weighted by Crippen LogP contribution is -2.15. The van der Waals surface area contributed by atoms with Crippen molar-refractivity contribution in [2.75, 3.05) is 4.72 Å². The van der Waals surface area contributed by atoms with E-state index in [0.717, 1.165) is 11.6 Å². The maximum Gasteiger partial charge on any atom is 0.264 e. The summed E-state index contributed by atoms with van der Waals surface area (Å²) in [6, 6.07) is 9.00. The third-order valence-corrected chi connectivity index (χ3v) is 4.96. The number of nitrogens with one attached hydrogen (secondary N) is 1. The molecule has 0 saturated carbocycles. The quantitative estimate of drug-likeness (QED) is 0.865. The standard InChI is InChI=1S/C14H14BrFN2O2S/c1-9-2-4-11(15)13(6-9)18-21(19,20)14-7-10(8-17)3-5-12(14)16/h2-7,18H,8,17H2,1H3. The van der Waals surface area contributed by atoms with Crippen LogP contribution in [0.3, 0.4) is 0 Å². The van der Waals surface area contributed by atoms with Crippen LogP contribution in [0, 0.1) is 12.7 Å². The number of hydrogen-bond donors (Lipinski definition) is 2. The van der Waals surface area contributed by atoms with Gasteiger partial charge in [0.2, 0.25) is 0 Å². The maximum absolute atomic E-state index is 13.8. The molecule has 2 rings (SSSR count). The Balaban J connectivity index is 2.45. The molecule has 21 heavy (non-hydrogen) atoms. The molecule has 0 amide bonds. The van der Waals surface area contributed by atoms with Crippen LogP contribution in [-0.4, -0.2) is 8.42 Å². The van der Waals surface area contributed by atoms with E-state index in [0.29, 0.717) is 15.7 Å². The SMILES string of the molecule is Cc1ccc(Br)c(NS(=O)(=O)c2cc(CN)ccc2F)c1. The summed E-state index contributed by atoms with van der Waals surface area (Å²) in [5.41, 5.74) is 7.24. The molecular formula is C14H14BrFN2O2S. The second-order valence-corrected chi connectivity index (χ2v) is 7.06. The fraction of sp³-hybridized carbons (Fsp3) is 0.143. The molecule has 0 radical (unpaired) electrons. The average Bonchev–Trinajstić information content (AvgIpc) is 2.43. The summed E-state index contributed by atoms with van der Waals surface area (Å²) in [6.45, 7) is 1.97. The smallest absolute Gasteiger partial charge is 0.264 e. The van der Waals surface area contributed by atoms with Crippen molar-refractivity contribution in [3.63, 3.8) is 0 Å². The Hall–Kier alpha value is -1.44. The highest BCUT2D eigenvalue weighted by Gasteiger charge is 2.20. The van der Waals surface area contributed by atoms with Crippen LogP contribution in [0.2, 0.25) is 0 Å². The Morgan fingerprint density at radius 3 is 2.62 bits per heavy atom. The van der Waals surface area contributed by atoms with Gasteiger partial charge in [0.15, 0.2) is 0 Å². The first kappa shape index (κ1) is 15.9. The Morgan fingerprint density at radius 1 is 1.24 bits per heavy atom. The van der Waals surface area contributed by atoms with E-state index in [1.807, 2.05) is 13.0 Å². The molecule has 7 heteroatoms. The van der Waals surface area contributed by atoms with Gasteiger partial charge in [0.1, 0.15) is 10.7 Å². The molecule has 0 aliphatic rings. The summed E-state index contributed by atoms with van der Waals surface area (Å²) < 4.78 is 41.5. The minimum Gasteiger partial charge on any atom is -0.326 e. The molecule has 0 bridgehead atoms. The van der Waals surface area contributed by atoms with Crippen LogP contribution in [0.25, 0.3) is 0 Å². The molecular weight excluding hydrogens is 359 g/mol. The summed E-state index contributed by atoms with van der Waals surface area (Å²) in [5, 5.41) is 0. The highest BCUT2D eigenvalue weighted by molar-refractivity contribution is 9.10. The Morgan fingerprint density at radius 2 is 1.95 bits per heavy atom. The molecule has 112 valence electrons. The molecule has 0 unspecified atom stereocenters. The van der Waals surface area contributed by atoms with Gasteiger partial charge in [-0.15, -0.1) is 0 Å². The maximum atomic E-state index is 13.8. The fourth-order valence-electron chi connectivity index (χ4n) is 1.80. The largest absolute Gasteiger partial charge is 0.326 e. The van der Waals surface area contributed by atoms with Gasteiger partial charge < -0.3 is 5.73 Å². The second-order valence-electron chi connectivity index (χ2n) is 4.56. The van der Waals surface area contributed by atoms with Crippen LogP contribution in [0.1, 0.15) is 11.1 Å². The van der Waals surface area contributed by atoms with E-state index >= 15 is 0 Å². The number of nitrogens with two attached hydrogens (primary N) is 1. The summed E-state index contributed by atoms with van der Waals surface area (Å²) in [4.78, 5) is -0.418. The van der Waals surface area contributed by atoms with Crippen molar-refractivity contribution in [1.29, 1.82) is 0 Å². The molecule has 0 saturated heterocycles. The molecule has 0 aliphatic heterocycles. The number of rotatable bonds is 4. The van der Waals surface area contributed by atoms with Crippen molar-refractivity contribution in [3.05, 3.63) is 57.8 Å². The topological polar surface area (TPSA) is 72.2 Å².